The molecule has 1 aliphatic carbocycles. The highest BCUT2D eigenvalue weighted by atomic mass is 15.3. The van der Waals surface area contributed by atoms with Crippen molar-refractivity contribution in [2.75, 3.05) is 14.7 Å². The maximum atomic E-state index is 3.36. The van der Waals surface area contributed by atoms with Crippen LogP contribution < -0.4 is 31.1 Å². The molecule has 0 aromatic heterocycles. The Labute approximate surface area is 449 Å². The largest absolute Gasteiger partial charge is 0.334 e. The van der Waals surface area contributed by atoms with Gasteiger partial charge >= 0.3 is 0 Å². The summed E-state index contributed by atoms with van der Waals surface area (Å²) >= 11 is 0. The van der Waals surface area contributed by atoms with Crippen LogP contribution in [0.5, 0.6) is 0 Å². The molecule has 1 saturated carbocycles. The molecule has 12 rings (SSSR count). The van der Waals surface area contributed by atoms with Crippen LogP contribution in [-0.2, 0) is 21.7 Å². The van der Waals surface area contributed by atoms with Gasteiger partial charge in [0.25, 0.3) is 6.71 Å². The Morgan fingerprint density at radius 1 is 0.493 bits per heavy atom. The third kappa shape index (κ3) is 7.69. The van der Waals surface area contributed by atoms with E-state index >= 15 is 0 Å². The van der Waals surface area contributed by atoms with E-state index in [0.717, 1.165) is 17.7 Å². The molecular formula is C71H74BN3. The van der Waals surface area contributed by atoms with Gasteiger partial charge in [0, 0.05) is 50.7 Å². The molecule has 2 atom stereocenters. The summed E-state index contributed by atoms with van der Waals surface area (Å²) in [6.45, 7) is 30.9. The van der Waals surface area contributed by atoms with Crippen LogP contribution in [0.4, 0.5) is 45.5 Å². The van der Waals surface area contributed by atoms with Crippen LogP contribution in [0.2, 0.25) is 0 Å². The molecule has 4 aliphatic rings. The smallest absolute Gasteiger partial charge is 0.252 e. The van der Waals surface area contributed by atoms with Crippen molar-refractivity contribution >= 4 is 68.6 Å². The van der Waals surface area contributed by atoms with Gasteiger partial charge in [-0.3, -0.25) is 0 Å². The molecule has 3 aliphatic heterocycles. The van der Waals surface area contributed by atoms with Gasteiger partial charge < -0.3 is 14.7 Å². The van der Waals surface area contributed by atoms with E-state index in [2.05, 4.69) is 269 Å². The fourth-order valence-electron chi connectivity index (χ4n) is 13.6. The van der Waals surface area contributed by atoms with E-state index < -0.39 is 0 Å². The van der Waals surface area contributed by atoms with Crippen molar-refractivity contribution in [2.45, 2.75) is 149 Å². The summed E-state index contributed by atoms with van der Waals surface area (Å²) in [5, 5.41) is 0. The van der Waals surface area contributed by atoms with Crippen LogP contribution in [0, 0.1) is 12.1 Å². The van der Waals surface area contributed by atoms with Gasteiger partial charge in [-0.1, -0.05) is 193 Å². The van der Waals surface area contributed by atoms with Crippen LogP contribution in [-0.4, -0.2) is 12.3 Å². The number of hydrogen-bond acceptors (Lipinski definition) is 3. The van der Waals surface area contributed by atoms with Gasteiger partial charge in [-0.25, -0.2) is 0 Å². The second-order valence-corrected chi connectivity index (χ2v) is 26.2. The lowest BCUT2D eigenvalue weighted by molar-refractivity contribution is 0.195. The minimum atomic E-state index is -0.159. The van der Waals surface area contributed by atoms with E-state index in [4.69, 9.17) is 0 Å². The van der Waals surface area contributed by atoms with Crippen molar-refractivity contribution in [1.82, 2.24) is 0 Å². The SMILES string of the molecule is CC(C)c1ccc2c(c1)N(c1ccc(C(C)(C)C)cc1-c1cc#ccc1)c1cc(N3c4ccccc4C4(C)CCCCC34C)cc3c1B2c1ccc(C(C)(C)C)cc1N3c1ccc(C(C)(C)C)cc1-c1ccccc1. The first-order valence-electron chi connectivity index (χ1n) is 27.9. The lowest BCUT2D eigenvalue weighted by Gasteiger charge is -2.51. The molecule has 8 aromatic carbocycles. The molecule has 0 N–H and O–H groups in total. The molecule has 1 fully saturated rings. The third-order valence-electron chi connectivity index (χ3n) is 18.1. The Morgan fingerprint density at radius 2 is 1.04 bits per heavy atom. The highest BCUT2D eigenvalue weighted by Gasteiger charge is 2.58. The number of anilines is 8. The zero-order chi connectivity index (χ0) is 52.6. The fourth-order valence-corrected chi connectivity index (χ4v) is 13.6. The van der Waals surface area contributed by atoms with E-state index in [0.29, 0.717) is 5.92 Å². The summed E-state index contributed by atoms with van der Waals surface area (Å²) < 4.78 is 0. The van der Waals surface area contributed by atoms with Crippen molar-refractivity contribution in [2.24, 2.45) is 0 Å². The molecule has 0 bridgehead atoms. The van der Waals surface area contributed by atoms with Crippen molar-refractivity contribution in [1.29, 1.82) is 0 Å². The van der Waals surface area contributed by atoms with E-state index in [1.54, 1.807) is 0 Å². The molecule has 0 spiro atoms. The standard InChI is InChI=1S/C71H74BN3/c1-46(2)49-30-34-57-62(40-49)73(59-36-32-50(67(3,4)5)41-54(59)47-24-16-14-17-25-47)64-44-53(75-61-29-21-20-28-56(61)70(12)38-22-23-39-71(70,75)13)45-65-66(64)72(57)58-35-31-52(69(9,10)11)43-63(58)74(65)60-37-33-51(68(6,7)8)42-55(60)48-26-18-15-19-27-48/h15-16,18-21,24-37,40-46H,22-23,38-39H2,1-13H3. The number of rotatable bonds is 6. The molecule has 0 saturated heterocycles. The predicted octanol–water partition coefficient (Wildman–Crippen LogP) is 17.5. The van der Waals surface area contributed by atoms with Gasteiger partial charge in [-0.15, -0.1) is 0 Å². The lowest BCUT2D eigenvalue weighted by atomic mass is 9.33. The number of para-hydroxylation sites is 1. The number of nitrogens with zero attached hydrogens (tertiary/aromatic N) is 3. The Bertz CT molecular complexity index is 3530. The molecule has 2 unspecified atom stereocenters. The van der Waals surface area contributed by atoms with Gasteiger partial charge in [0.05, 0.1) is 16.9 Å². The first-order chi connectivity index (χ1) is 35.7. The second-order valence-electron chi connectivity index (χ2n) is 26.2. The van der Waals surface area contributed by atoms with E-state index in [1.165, 1.54) is 120 Å². The fraction of sp³-hybridized carbons (Fsp3) is 0.324. The molecular weight excluding hydrogens is 906 g/mol. The highest BCUT2D eigenvalue weighted by molar-refractivity contribution is 7.00. The van der Waals surface area contributed by atoms with Gasteiger partial charge in [0.1, 0.15) is 0 Å². The zero-order valence-electron chi connectivity index (χ0n) is 46.8. The summed E-state index contributed by atoms with van der Waals surface area (Å²) in [5.74, 6) is 0.337. The Morgan fingerprint density at radius 3 is 1.64 bits per heavy atom. The summed E-state index contributed by atoms with van der Waals surface area (Å²) in [7, 11) is 0. The second kappa shape index (κ2) is 17.3. The average Bonchev–Trinajstić information content (AvgIpc) is 3.65. The summed E-state index contributed by atoms with van der Waals surface area (Å²) in [6.07, 6.45) is 4.73. The minimum Gasteiger partial charge on any atom is -0.334 e. The molecule has 75 heavy (non-hydrogen) atoms. The minimum absolute atomic E-state index is 0.0239. The zero-order valence-corrected chi connectivity index (χ0v) is 46.8. The third-order valence-corrected chi connectivity index (χ3v) is 18.1. The topological polar surface area (TPSA) is 9.72 Å². The maximum Gasteiger partial charge on any atom is 0.252 e. The molecule has 0 amide bonds. The maximum absolute atomic E-state index is 3.36. The number of fused-ring (bicyclic) bond motifs is 7. The Kier molecular flexibility index (Phi) is 11.3. The van der Waals surface area contributed by atoms with Crippen molar-refractivity contribution in [3.8, 4) is 22.3 Å². The highest BCUT2D eigenvalue weighted by Crippen LogP contribution is 2.62. The quantitative estimate of drug-likeness (QED) is 0.154. The van der Waals surface area contributed by atoms with E-state index in [-0.39, 0.29) is 33.9 Å². The van der Waals surface area contributed by atoms with Gasteiger partial charge in [0.2, 0.25) is 0 Å². The summed E-state index contributed by atoms with van der Waals surface area (Å²) in [5.41, 5.74) is 25.0. The molecule has 3 heterocycles. The summed E-state index contributed by atoms with van der Waals surface area (Å²) in [6, 6.07) is 68.1. The van der Waals surface area contributed by atoms with E-state index in [9.17, 15) is 0 Å². The van der Waals surface area contributed by atoms with Gasteiger partial charge in [0.15, 0.2) is 0 Å². The molecule has 0 radical (unpaired) electrons. The molecule has 3 nitrogen and oxygen atoms in total. The summed E-state index contributed by atoms with van der Waals surface area (Å²) in [4.78, 5) is 8.17. The first kappa shape index (κ1) is 49.0. The van der Waals surface area contributed by atoms with Crippen molar-refractivity contribution in [3.05, 3.63) is 198 Å². The lowest BCUT2D eigenvalue weighted by Crippen LogP contribution is -2.61. The van der Waals surface area contributed by atoms with Crippen LogP contribution in [0.3, 0.4) is 0 Å². The Balaban J connectivity index is 1.26. The number of hydrogen-bond donors (Lipinski definition) is 0. The van der Waals surface area contributed by atoms with Crippen molar-refractivity contribution < 1.29 is 0 Å². The number of benzene rings is 7. The normalized spacial score (nSPS) is 18.8. The van der Waals surface area contributed by atoms with E-state index in [1.807, 2.05) is 6.07 Å². The van der Waals surface area contributed by atoms with Crippen LogP contribution in [0.25, 0.3) is 22.3 Å². The predicted molar refractivity (Wildman–Crippen MR) is 322 cm³/mol. The van der Waals surface area contributed by atoms with Crippen molar-refractivity contribution in [3.63, 3.8) is 0 Å². The van der Waals surface area contributed by atoms with Gasteiger partial charge in [-0.05, 0) is 170 Å². The average molecular weight is 980 g/mol. The van der Waals surface area contributed by atoms with Gasteiger partial charge in [-0.2, -0.15) is 0 Å². The molecule has 4 heteroatoms. The van der Waals surface area contributed by atoms with Crippen LogP contribution in [0.15, 0.2) is 158 Å². The van der Waals surface area contributed by atoms with Crippen LogP contribution >= 0.6 is 0 Å². The van der Waals surface area contributed by atoms with Crippen LogP contribution in [0.1, 0.15) is 149 Å². The molecule has 376 valence electrons. The molecule has 8 aromatic rings. The monoisotopic (exact) mass is 980 g/mol. The Hall–Kier alpha value is -6.96. The first-order valence-corrected chi connectivity index (χ1v) is 27.9.